The van der Waals surface area contributed by atoms with E-state index in [0.717, 1.165) is 0 Å². The van der Waals surface area contributed by atoms with E-state index in [4.69, 9.17) is 9.47 Å². The molecule has 10 heteroatoms. The first-order chi connectivity index (χ1) is 20.1. The van der Waals surface area contributed by atoms with Crippen LogP contribution in [0.15, 0.2) is 71.3 Å². The molecule has 10 nitrogen and oxygen atoms in total. The minimum Gasteiger partial charge on any atom is -0.492 e. The molecule has 0 saturated carbocycles. The molecule has 4 aliphatic rings. The van der Waals surface area contributed by atoms with Gasteiger partial charge in [0.2, 0.25) is 23.1 Å². The highest BCUT2D eigenvalue weighted by atomic mass is 16.5. The highest BCUT2D eigenvalue weighted by molar-refractivity contribution is 6.41. The number of anilines is 4. The second-order valence-corrected chi connectivity index (χ2v) is 10.5. The van der Waals surface area contributed by atoms with Crippen LogP contribution in [-0.2, 0) is 0 Å². The summed E-state index contributed by atoms with van der Waals surface area (Å²) in [5, 5.41) is 0. The SMILES string of the molecule is COc1c2c(c(OC)c3c1N(C)C(=C1C(=O)c4ccccc4C1=O)N3C)N(C)C(=C1C(=O)c3ccccc3C1=O)N2C. The number of methoxy groups -OCH3 is 2. The fourth-order valence-corrected chi connectivity index (χ4v) is 6.74. The first-order valence-corrected chi connectivity index (χ1v) is 13.3. The third kappa shape index (κ3) is 2.88. The van der Waals surface area contributed by atoms with Gasteiger partial charge in [0.05, 0.1) is 14.2 Å². The number of hydrogen-bond acceptors (Lipinski definition) is 10. The van der Waals surface area contributed by atoms with E-state index in [9.17, 15) is 19.2 Å². The Hall–Kier alpha value is -5.38. The Labute approximate surface area is 241 Å². The minimum absolute atomic E-state index is 0.0612. The predicted molar refractivity (Wildman–Crippen MR) is 157 cm³/mol. The highest BCUT2D eigenvalue weighted by Gasteiger charge is 2.49. The summed E-state index contributed by atoms with van der Waals surface area (Å²) >= 11 is 0. The van der Waals surface area contributed by atoms with E-state index in [1.807, 2.05) is 0 Å². The Morgan fingerprint density at radius 1 is 0.452 bits per heavy atom. The monoisotopic (exact) mass is 562 g/mol. The van der Waals surface area contributed by atoms with Crippen molar-refractivity contribution < 1.29 is 28.7 Å². The van der Waals surface area contributed by atoms with Gasteiger partial charge in [0.1, 0.15) is 45.5 Å². The molecular formula is C32H26N4O6. The van der Waals surface area contributed by atoms with Crippen molar-refractivity contribution in [2.24, 2.45) is 0 Å². The van der Waals surface area contributed by atoms with Crippen LogP contribution in [0.4, 0.5) is 22.7 Å². The molecule has 3 aromatic rings. The number of nitrogens with zero attached hydrogens (tertiary/aromatic N) is 4. The molecule has 0 aromatic heterocycles. The first kappa shape index (κ1) is 25.6. The van der Waals surface area contributed by atoms with E-state index in [-0.39, 0.29) is 34.3 Å². The molecule has 0 atom stereocenters. The molecular weight excluding hydrogens is 536 g/mol. The van der Waals surface area contributed by atoms with Gasteiger partial charge in [0.15, 0.2) is 11.5 Å². The molecule has 3 aromatic carbocycles. The van der Waals surface area contributed by atoms with Crippen LogP contribution in [-0.4, -0.2) is 65.5 Å². The number of carbonyl (C=O) groups excluding carboxylic acids is 4. The van der Waals surface area contributed by atoms with Crippen LogP contribution in [0.25, 0.3) is 0 Å². The molecule has 210 valence electrons. The van der Waals surface area contributed by atoms with Crippen molar-refractivity contribution in [1.82, 2.24) is 0 Å². The maximum Gasteiger partial charge on any atom is 0.201 e. The fourth-order valence-electron chi connectivity index (χ4n) is 6.74. The summed E-state index contributed by atoms with van der Waals surface area (Å²) < 4.78 is 12.0. The first-order valence-electron chi connectivity index (χ1n) is 13.3. The molecule has 0 unspecified atom stereocenters. The van der Waals surface area contributed by atoms with Crippen LogP contribution in [0.2, 0.25) is 0 Å². The van der Waals surface area contributed by atoms with Crippen molar-refractivity contribution in [3.05, 3.63) is 93.6 Å². The fraction of sp³-hybridized carbons (Fsp3) is 0.188. The standard InChI is InChI=1S/C32H26N4O6/c1-33-21-22(34(2)31(33)19-25(37)15-11-7-8-12-16(15)26(19)38)30(42-6)24-23(29(21)41-5)35(3)32(36(24)4)20-27(39)17-13-9-10-14-18(17)28(20)40/h7-14H,1-6H3. The molecule has 2 aliphatic heterocycles. The van der Waals surface area contributed by atoms with Gasteiger partial charge in [-0.1, -0.05) is 48.5 Å². The van der Waals surface area contributed by atoms with Crippen LogP contribution >= 0.6 is 0 Å². The zero-order valence-corrected chi connectivity index (χ0v) is 23.9. The van der Waals surface area contributed by atoms with E-state index in [2.05, 4.69) is 0 Å². The minimum atomic E-state index is -0.346. The van der Waals surface area contributed by atoms with Crippen LogP contribution < -0.4 is 29.1 Å². The zero-order valence-electron chi connectivity index (χ0n) is 23.9. The summed E-state index contributed by atoms with van der Waals surface area (Å²) in [7, 11) is 10.1. The molecule has 0 spiro atoms. The number of benzene rings is 3. The number of fused-ring (bicyclic) bond motifs is 4. The summed E-state index contributed by atoms with van der Waals surface area (Å²) in [4.78, 5) is 61.1. The molecule has 42 heavy (non-hydrogen) atoms. The van der Waals surface area contributed by atoms with Gasteiger partial charge in [0, 0.05) is 50.4 Å². The highest BCUT2D eigenvalue weighted by Crippen LogP contribution is 2.64. The van der Waals surface area contributed by atoms with Crippen LogP contribution in [0.5, 0.6) is 11.5 Å². The second kappa shape index (κ2) is 8.56. The maximum absolute atomic E-state index is 13.5. The topological polar surface area (TPSA) is 99.7 Å². The molecule has 7 rings (SSSR count). The lowest BCUT2D eigenvalue weighted by molar-refractivity contribution is 0.0971. The third-order valence-corrected chi connectivity index (χ3v) is 8.52. The van der Waals surface area contributed by atoms with Gasteiger partial charge in [-0.2, -0.15) is 0 Å². The van der Waals surface area contributed by atoms with Gasteiger partial charge in [-0.3, -0.25) is 19.2 Å². The number of ketones is 4. The number of ether oxygens (including phenoxy) is 2. The average molecular weight is 563 g/mol. The van der Waals surface area contributed by atoms with E-state index in [1.54, 1.807) is 96.3 Å². The summed E-state index contributed by atoms with van der Waals surface area (Å²) in [5.74, 6) is 0.281. The summed E-state index contributed by atoms with van der Waals surface area (Å²) in [6.45, 7) is 0. The molecule has 0 amide bonds. The van der Waals surface area contributed by atoms with Crippen molar-refractivity contribution in [1.29, 1.82) is 0 Å². The van der Waals surface area contributed by atoms with Crippen molar-refractivity contribution in [3.8, 4) is 11.5 Å². The number of rotatable bonds is 2. The van der Waals surface area contributed by atoms with Gasteiger partial charge in [-0.05, 0) is 0 Å². The summed E-state index contributed by atoms with van der Waals surface area (Å²) in [5.41, 5.74) is 3.90. The van der Waals surface area contributed by atoms with Crippen molar-refractivity contribution in [3.63, 3.8) is 0 Å². The van der Waals surface area contributed by atoms with Gasteiger partial charge in [-0.15, -0.1) is 0 Å². The lowest BCUT2D eigenvalue weighted by atomic mass is 10.1. The summed E-state index contributed by atoms with van der Waals surface area (Å²) in [6, 6.07) is 13.6. The van der Waals surface area contributed by atoms with E-state index >= 15 is 0 Å². The number of carbonyl (C=O) groups is 4. The smallest absolute Gasteiger partial charge is 0.201 e. The lowest BCUT2D eigenvalue weighted by Crippen LogP contribution is -2.28. The number of allylic oxidation sites excluding steroid dienone is 2. The van der Waals surface area contributed by atoms with E-state index < -0.39 is 0 Å². The maximum atomic E-state index is 13.5. The Bertz CT molecular complexity index is 1640. The molecule has 0 fully saturated rings. The predicted octanol–water partition coefficient (Wildman–Crippen LogP) is 4.06. The van der Waals surface area contributed by atoms with Gasteiger partial charge in [-0.25, -0.2) is 0 Å². The largest absolute Gasteiger partial charge is 0.492 e. The molecule has 0 bridgehead atoms. The molecule has 0 radical (unpaired) electrons. The quantitative estimate of drug-likeness (QED) is 0.336. The normalized spacial score (nSPS) is 17.1. The summed E-state index contributed by atoms with van der Waals surface area (Å²) in [6.07, 6.45) is 0. The van der Waals surface area contributed by atoms with Gasteiger partial charge in [0.25, 0.3) is 0 Å². The molecule has 0 saturated heterocycles. The third-order valence-electron chi connectivity index (χ3n) is 8.52. The zero-order chi connectivity index (χ0) is 29.8. The second-order valence-electron chi connectivity index (χ2n) is 10.5. The van der Waals surface area contributed by atoms with Gasteiger partial charge >= 0.3 is 0 Å². The van der Waals surface area contributed by atoms with Gasteiger partial charge < -0.3 is 29.1 Å². The Balaban J connectivity index is 1.46. The lowest BCUT2D eigenvalue weighted by Gasteiger charge is -2.22. The van der Waals surface area contributed by atoms with Crippen LogP contribution in [0.3, 0.4) is 0 Å². The number of hydrogen-bond donors (Lipinski definition) is 0. The molecule has 2 aliphatic carbocycles. The Morgan fingerprint density at radius 3 is 0.905 bits per heavy atom. The average Bonchev–Trinajstić information content (AvgIpc) is 3.59. The van der Waals surface area contributed by atoms with E-state index in [0.29, 0.717) is 68.1 Å². The Kier molecular flexibility index (Phi) is 5.21. The van der Waals surface area contributed by atoms with E-state index in [1.165, 1.54) is 14.2 Å². The van der Waals surface area contributed by atoms with Crippen molar-refractivity contribution in [2.45, 2.75) is 0 Å². The molecule has 2 heterocycles. The molecule has 0 N–H and O–H groups in total. The van der Waals surface area contributed by atoms with Crippen molar-refractivity contribution >= 4 is 45.9 Å². The van der Waals surface area contributed by atoms with Crippen LogP contribution in [0, 0.1) is 0 Å². The van der Waals surface area contributed by atoms with Crippen molar-refractivity contribution in [2.75, 3.05) is 62.0 Å². The number of Topliss-reactive ketones (excluding diaryl/α,β-unsaturated/α-hetero) is 4. The van der Waals surface area contributed by atoms with Crippen LogP contribution in [0.1, 0.15) is 41.4 Å². The Morgan fingerprint density at radius 2 is 0.690 bits per heavy atom.